The molecule has 0 atom stereocenters. The lowest BCUT2D eigenvalue weighted by atomic mass is 10.3. The SMILES string of the molecule is Cc1ccc(C(=O)OCC(=O)Nc2cc(Cl)cc(Cl)c2)s1. The third-order valence-corrected chi connectivity index (χ3v) is 3.84. The summed E-state index contributed by atoms with van der Waals surface area (Å²) in [5, 5.41) is 3.37. The van der Waals surface area contributed by atoms with Crippen LogP contribution in [0.25, 0.3) is 0 Å². The third kappa shape index (κ3) is 4.74. The molecule has 1 N–H and O–H groups in total. The van der Waals surface area contributed by atoms with Crippen LogP contribution in [0.3, 0.4) is 0 Å². The molecular weight excluding hydrogens is 333 g/mol. The van der Waals surface area contributed by atoms with Crippen molar-refractivity contribution < 1.29 is 14.3 Å². The maximum absolute atomic E-state index is 11.7. The average Bonchev–Trinajstić information content (AvgIpc) is 2.81. The molecule has 1 heterocycles. The molecule has 0 aliphatic carbocycles. The van der Waals surface area contributed by atoms with Crippen LogP contribution in [-0.2, 0) is 9.53 Å². The van der Waals surface area contributed by atoms with Crippen molar-refractivity contribution in [3.63, 3.8) is 0 Å². The number of thiophene rings is 1. The van der Waals surface area contributed by atoms with Gasteiger partial charge in [0.2, 0.25) is 0 Å². The molecular formula is C14H11Cl2NO3S. The number of rotatable bonds is 4. The molecule has 2 aromatic rings. The summed E-state index contributed by atoms with van der Waals surface area (Å²) >= 11 is 13.0. The highest BCUT2D eigenvalue weighted by Crippen LogP contribution is 2.22. The number of halogens is 2. The van der Waals surface area contributed by atoms with Crippen molar-refractivity contribution in [1.29, 1.82) is 0 Å². The Morgan fingerprint density at radius 2 is 1.86 bits per heavy atom. The Kier molecular flexibility index (Phi) is 5.22. The van der Waals surface area contributed by atoms with E-state index in [-0.39, 0.29) is 6.61 Å². The minimum absolute atomic E-state index is 0.375. The van der Waals surface area contributed by atoms with Gasteiger partial charge in [-0.3, -0.25) is 4.79 Å². The first-order valence-corrected chi connectivity index (χ1v) is 7.51. The number of anilines is 1. The van der Waals surface area contributed by atoms with Gasteiger partial charge in [0, 0.05) is 20.6 Å². The molecule has 7 heteroatoms. The molecule has 110 valence electrons. The van der Waals surface area contributed by atoms with Gasteiger partial charge in [-0.05, 0) is 37.3 Å². The second-order valence-electron chi connectivity index (χ2n) is 4.19. The number of amides is 1. The lowest BCUT2D eigenvalue weighted by Crippen LogP contribution is -2.20. The largest absolute Gasteiger partial charge is 0.451 e. The van der Waals surface area contributed by atoms with Gasteiger partial charge in [0.1, 0.15) is 4.88 Å². The number of ether oxygens (including phenoxy) is 1. The maximum Gasteiger partial charge on any atom is 0.348 e. The molecule has 0 radical (unpaired) electrons. The van der Waals surface area contributed by atoms with Gasteiger partial charge in [-0.1, -0.05) is 23.2 Å². The molecule has 0 saturated heterocycles. The molecule has 0 aliphatic rings. The molecule has 1 aromatic heterocycles. The van der Waals surface area contributed by atoms with E-state index in [2.05, 4.69) is 5.32 Å². The van der Waals surface area contributed by atoms with Gasteiger partial charge in [-0.2, -0.15) is 0 Å². The zero-order valence-corrected chi connectivity index (χ0v) is 13.3. The predicted octanol–water partition coefficient (Wildman–Crippen LogP) is 4.16. The van der Waals surface area contributed by atoms with E-state index in [1.807, 2.05) is 13.0 Å². The second-order valence-corrected chi connectivity index (χ2v) is 6.35. The number of carbonyl (C=O) groups is 2. The predicted molar refractivity (Wildman–Crippen MR) is 84.4 cm³/mol. The molecule has 0 bridgehead atoms. The summed E-state index contributed by atoms with van der Waals surface area (Å²) in [7, 11) is 0. The standard InChI is InChI=1S/C14H11Cl2NO3S/c1-8-2-3-12(21-8)14(19)20-7-13(18)17-11-5-9(15)4-10(16)6-11/h2-6H,7H2,1H3,(H,17,18). The van der Waals surface area contributed by atoms with Gasteiger partial charge >= 0.3 is 5.97 Å². The number of nitrogens with one attached hydrogen (secondary N) is 1. The fourth-order valence-electron chi connectivity index (χ4n) is 1.57. The van der Waals surface area contributed by atoms with Crippen LogP contribution in [0.2, 0.25) is 10.0 Å². The zero-order chi connectivity index (χ0) is 15.4. The molecule has 0 spiro atoms. The fraction of sp³-hybridized carbons (Fsp3) is 0.143. The van der Waals surface area contributed by atoms with Crippen molar-refractivity contribution >= 4 is 52.1 Å². The highest BCUT2D eigenvalue weighted by Gasteiger charge is 2.12. The van der Waals surface area contributed by atoms with Crippen molar-refractivity contribution in [3.8, 4) is 0 Å². The van der Waals surface area contributed by atoms with E-state index in [0.717, 1.165) is 4.88 Å². The number of esters is 1. The highest BCUT2D eigenvalue weighted by atomic mass is 35.5. The number of hydrogen-bond acceptors (Lipinski definition) is 4. The molecule has 0 aliphatic heterocycles. The van der Waals surface area contributed by atoms with E-state index in [1.165, 1.54) is 11.3 Å². The Bertz CT molecular complexity index is 664. The Labute approximate surface area is 135 Å². The summed E-state index contributed by atoms with van der Waals surface area (Å²) in [6.07, 6.45) is 0. The van der Waals surface area contributed by atoms with Gasteiger partial charge in [0.25, 0.3) is 5.91 Å². The van der Waals surface area contributed by atoms with E-state index < -0.39 is 11.9 Å². The summed E-state index contributed by atoms with van der Waals surface area (Å²) in [4.78, 5) is 24.9. The van der Waals surface area contributed by atoms with Crippen molar-refractivity contribution in [2.24, 2.45) is 0 Å². The van der Waals surface area contributed by atoms with Gasteiger partial charge in [0.15, 0.2) is 6.61 Å². The summed E-state index contributed by atoms with van der Waals surface area (Å²) in [5.41, 5.74) is 0.445. The quantitative estimate of drug-likeness (QED) is 0.848. The van der Waals surface area contributed by atoms with Crippen LogP contribution >= 0.6 is 34.5 Å². The molecule has 2 rings (SSSR count). The van der Waals surface area contributed by atoms with Crippen LogP contribution in [0.1, 0.15) is 14.5 Å². The number of hydrogen-bond donors (Lipinski definition) is 1. The summed E-state index contributed by atoms with van der Waals surface area (Å²) in [6, 6.07) is 8.13. The van der Waals surface area contributed by atoms with Crippen molar-refractivity contribution in [1.82, 2.24) is 0 Å². The van der Waals surface area contributed by atoms with E-state index in [0.29, 0.717) is 20.6 Å². The fourth-order valence-corrected chi connectivity index (χ4v) is 2.86. The smallest absolute Gasteiger partial charge is 0.348 e. The number of aryl methyl sites for hydroxylation is 1. The Hall–Kier alpha value is -1.56. The molecule has 0 saturated carbocycles. The third-order valence-electron chi connectivity index (χ3n) is 2.42. The van der Waals surface area contributed by atoms with E-state index in [4.69, 9.17) is 27.9 Å². The van der Waals surface area contributed by atoms with E-state index >= 15 is 0 Å². The Morgan fingerprint density at radius 1 is 1.19 bits per heavy atom. The second kappa shape index (κ2) is 6.93. The summed E-state index contributed by atoms with van der Waals surface area (Å²) < 4.78 is 4.93. The van der Waals surface area contributed by atoms with Crippen LogP contribution in [0.15, 0.2) is 30.3 Å². The van der Waals surface area contributed by atoms with E-state index in [9.17, 15) is 9.59 Å². The van der Waals surface area contributed by atoms with Gasteiger partial charge < -0.3 is 10.1 Å². The Morgan fingerprint density at radius 3 is 2.43 bits per heavy atom. The normalized spacial score (nSPS) is 10.2. The molecule has 0 unspecified atom stereocenters. The first kappa shape index (κ1) is 15.8. The van der Waals surface area contributed by atoms with E-state index in [1.54, 1.807) is 24.3 Å². The minimum Gasteiger partial charge on any atom is -0.451 e. The maximum atomic E-state index is 11.7. The van der Waals surface area contributed by atoms with Crippen LogP contribution in [-0.4, -0.2) is 18.5 Å². The summed E-state index contributed by atoms with van der Waals surface area (Å²) in [5.74, 6) is -0.984. The van der Waals surface area contributed by atoms with Crippen LogP contribution < -0.4 is 5.32 Å². The Balaban J connectivity index is 1.88. The lowest BCUT2D eigenvalue weighted by molar-refractivity contribution is -0.119. The summed E-state index contributed by atoms with van der Waals surface area (Å²) in [6.45, 7) is 1.51. The topological polar surface area (TPSA) is 55.4 Å². The van der Waals surface area contributed by atoms with Crippen LogP contribution in [0.5, 0.6) is 0 Å². The van der Waals surface area contributed by atoms with Gasteiger partial charge in [-0.25, -0.2) is 4.79 Å². The van der Waals surface area contributed by atoms with Gasteiger partial charge in [0.05, 0.1) is 0 Å². The first-order chi connectivity index (χ1) is 9.94. The lowest BCUT2D eigenvalue weighted by Gasteiger charge is -2.07. The molecule has 1 aromatic carbocycles. The van der Waals surface area contributed by atoms with Crippen molar-refractivity contribution in [2.45, 2.75) is 6.92 Å². The minimum atomic E-state index is -0.521. The van der Waals surface area contributed by atoms with Crippen molar-refractivity contribution in [3.05, 3.63) is 50.1 Å². The molecule has 21 heavy (non-hydrogen) atoms. The molecule has 4 nitrogen and oxygen atoms in total. The number of carbonyl (C=O) groups excluding carboxylic acids is 2. The number of benzene rings is 1. The average molecular weight is 344 g/mol. The van der Waals surface area contributed by atoms with Gasteiger partial charge in [-0.15, -0.1) is 11.3 Å². The van der Waals surface area contributed by atoms with Crippen LogP contribution in [0, 0.1) is 6.92 Å². The highest BCUT2D eigenvalue weighted by molar-refractivity contribution is 7.13. The van der Waals surface area contributed by atoms with Crippen LogP contribution in [0.4, 0.5) is 5.69 Å². The van der Waals surface area contributed by atoms with Crippen molar-refractivity contribution in [2.75, 3.05) is 11.9 Å². The first-order valence-electron chi connectivity index (χ1n) is 5.93. The zero-order valence-electron chi connectivity index (χ0n) is 11.0. The molecule has 0 fully saturated rings. The molecule has 1 amide bonds. The monoisotopic (exact) mass is 343 g/mol.